The van der Waals surface area contributed by atoms with Crippen molar-refractivity contribution in [3.63, 3.8) is 0 Å². The Morgan fingerprint density at radius 1 is 1.56 bits per heavy atom. The first kappa shape index (κ1) is 13.0. The molecule has 0 fully saturated rings. The van der Waals surface area contributed by atoms with Crippen LogP contribution in [-0.2, 0) is 0 Å². The molecule has 1 amide bonds. The van der Waals surface area contributed by atoms with Gasteiger partial charge >= 0.3 is 0 Å². The highest BCUT2D eigenvalue weighted by molar-refractivity contribution is 6.21. The maximum absolute atomic E-state index is 11.5. The summed E-state index contributed by atoms with van der Waals surface area (Å²) in [5, 5.41) is 12.3. The third-order valence-electron chi connectivity index (χ3n) is 2.67. The molecule has 0 aliphatic carbocycles. The van der Waals surface area contributed by atoms with E-state index in [1.807, 2.05) is 0 Å². The van der Waals surface area contributed by atoms with E-state index in [2.05, 4.69) is 34.6 Å². The van der Waals surface area contributed by atoms with Crippen LogP contribution in [0.2, 0.25) is 0 Å². The fraction of sp³-hybridized carbons (Fsp3) is 0.700. The van der Waals surface area contributed by atoms with Gasteiger partial charge in [0.15, 0.2) is 5.69 Å². The van der Waals surface area contributed by atoms with Crippen LogP contribution in [0.5, 0.6) is 0 Å². The molecule has 1 heterocycles. The predicted molar refractivity (Wildman–Crippen MR) is 62.4 cm³/mol. The number of halogens is 1. The molecule has 0 saturated carbocycles. The lowest BCUT2D eigenvalue weighted by Gasteiger charge is -2.19. The number of nitrogens with one attached hydrogen (secondary N) is 2. The van der Waals surface area contributed by atoms with Gasteiger partial charge in [0.05, 0.1) is 11.6 Å². The number of alkyl halides is 1. The Kier molecular flexibility index (Phi) is 5.25. The van der Waals surface area contributed by atoms with Crippen molar-refractivity contribution in [2.75, 3.05) is 6.54 Å². The van der Waals surface area contributed by atoms with E-state index >= 15 is 0 Å². The molecule has 90 valence electrons. The second kappa shape index (κ2) is 6.48. The summed E-state index contributed by atoms with van der Waals surface area (Å²) in [6.07, 6.45) is 3.42. The SMILES string of the molecule is CCC(CC)C(Cl)CNC(=O)c1cn[nH]n1. The Labute approximate surface area is 100.0 Å². The van der Waals surface area contributed by atoms with Gasteiger partial charge in [-0.3, -0.25) is 4.79 Å². The molecule has 0 aromatic carbocycles. The van der Waals surface area contributed by atoms with Gasteiger partial charge in [0.25, 0.3) is 5.91 Å². The first-order valence-electron chi connectivity index (χ1n) is 5.47. The molecule has 1 aromatic rings. The summed E-state index contributed by atoms with van der Waals surface area (Å²) in [4.78, 5) is 11.5. The number of carbonyl (C=O) groups excluding carboxylic acids is 1. The van der Waals surface area contributed by atoms with Crippen molar-refractivity contribution < 1.29 is 4.79 Å². The molecular weight excluding hydrogens is 228 g/mol. The summed E-state index contributed by atoms with van der Waals surface area (Å²) in [6.45, 7) is 4.66. The number of amides is 1. The second-order valence-corrected chi connectivity index (χ2v) is 4.22. The molecule has 1 rings (SSSR count). The number of aromatic amines is 1. The molecule has 0 aliphatic rings. The number of H-pyrrole nitrogens is 1. The normalized spacial score (nSPS) is 12.8. The van der Waals surface area contributed by atoms with Crippen molar-refractivity contribution in [2.24, 2.45) is 5.92 Å². The lowest BCUT2D eigenvalue weighted by Crippen LogP contribution is -2.33. The first-order chi connectivity index (χ1) is 7.69. The Bertz CT molecular complexity index is 311. The Morgan fingerprint density at radius 3 is 2.75 bits per heavy atom. The molecule has 6 heteroatoms. The van der Waals surface area contributed by atoms with Gasteiger partial charge in [-0.1, -0.05) is 26.7 Å². The van der Waals surface area contributed by atoms with Crippen LogP contribution in [0.4, 0.5) is 0 Å². The number of hydrogen-bond acceptors (Lipinski definition) is 3. The molecule has 1 atom stereocenters. The monoisotopic (exact) mass is 244 g/mol. The molecule has 5 nitrogen and oxygen atoms in total. The largest absolute Gasteiger partial charge is 0.349 e. The second-order valence-electron chi connectivity index (χ2n) is 3.66. The van der Waals surface area contributed by atoms with E-state index in [9.17, 15) is 4.79 Å². The highest BCUT2D eigenvalue weighted by Gasteiger charge is 2.17. The standard InChI is InChI=1S/C10H17ClN4O/c1-3-7(4-2)8(11)5-12-10(16)9-6-13-15-14-9/h6-8H,3-5H2,1-2H3,(H,12,16)(H,13,14,15). The quantitative estimate of drug-likeness (QED) is 0.747. The number of rotatable bonds is 6. The van der Waals surface area contributed by atoms with Crippen LogP contribution < -0.4 is 5.32 Å². The fourth-order valence-electron chi connectivity index (χ4n) is 1.56. The topological polar surface area (TPSA) is 70.7 Å². The number of hydrogen-bond donors (Lipinski definition) is 2. The molecule has 0 aliphatic heterocycles. The van der Waals surface area contributed by atoms with Crippen LogP contribution in [0.3, 0.4) is 0 Å². The number of carbonyl (C=O) groups is 1. The first-order valence-corrected chi connectivity index (χ1v) is 5.90. The van der Waals surface area contributed by atoms with E-state index in [-0.39, 0.29) is 17.0 Å². The van der Waals surface area contributed by atoms with Crippen molar-refractivity contribution in [1.82, 2.24) is 20.7 Å². The third-order valence-corrected chi connectivity index (χ3v) is 3.18. The van der Waals surface area contributed by atoms with Gasteiger partial charge in [-0.05, 0) is 5.92 Å². The zero-order valence-electron chi connectivity index (χ0n) is 9.53. The molecule has 2 N–H and O–H groups in total. The summed E-state index contributed by atoms with van der Waals surface area (Å²) >= 11 is 6.19. The zero-order valence-corrected chi connectivity index (χ0v) is 10.3. The molecule has 0 spiro atoms. The van der Waals surface area contributed by atoms with Crippen LogP contribution >= 0.6 is 11.6 Å². The van der Waals surface area contributed by atoms with Crippen molar-refractivity contribution in [2.45, 2.75) is 32.1 Å². The highest BCUT2D eigenvalue weighted by Crippen LogP contribution is 2.17. The van der Waals surface area contributed by atoms with E-state index in [0.717, 1.165) is 12.8 Å². The fourth-order valence-corrected chi connectivity index (χ4v) is 1.99. The van der Waals surface area contributed by atoms with E-state index in [1.54, 1.807) is 0 Å². The van der Waals surface area contributed by atoms with Crippen molar-refractivity contribution in [1.29, 1.82) is 0 Å². The van der Waals surface area contributed by atoms with Gasteiger partial charge in [0, 0.05) is 6.54 Å². The zero-order chi connectivity index (χ0) is 12.0. The summed E-state index contributed by atoms with van der Waals surface area (Å²) in [7, 11) is 0. The molecule has 16 heavy (non-hydrogen) atoms. The van der Waals surface area contributed by atoms with Gasteiger partial charge in [0.2, 0.25) is 0 Å². The van der Waals surface area contributed by atoms with Crippen LogP contribution in [0.1, 0.15) is 37.2 Å². The molecule has 0 radical (unpaired) electrons. The van der Waals surface area contributed by atoms with Crippen molar-refractivity contribution in [3.05, 3.63) is 11.9 Å². The molecule has 1 aromatic heterocycles. The minimum absolute atomic E-state index is 0.0362. The van der Waals surface area contributed by atoms with Crippen LogP contribution in [0.15, 0.2) is 6.20 Å². The minimum Gasteiger partial charge on any atom is -0.349 e. The Morgan fingerprint density at radius 2 is 2.25 bits per heavy atom. The Balaban J connectivity index is 2.37. The molecule has 0 bridgehead atoms. The summed E-state index contributed by atoms with van der Waals surface area (Å²) < 4.78 is 0. The number of aromatic nitrogens is 3. The molecular formula is C10H17ClN4O. The van der Waals surface area contributed by atoms with E-state index in [4.69, 9.17) is 11.6 Å². The van der Waals surface area contributed by atoms with Crippen LogP contribution in [0, 0.1) is 5.92 Å². The Hall–Kier alpha value is -1.10. The smallest absolute Gasteiger partial charge is 0.273 e. The molecule has 1 unspecified atom stereocenters. The van der Waals surface area contributed by atoms with Gasteiger partial charge in [0.1, 0.15) is 0 Å². The predicted octanol–water partition coefficient (Wildman–Crippen LogP) is 1.58. The van der Waals surface area contributed by atoms with Gasteiger partial charge in [-0.25, -0.2) is 0 Å². The third kappa shape index (κ3) is 3.48. The maximum Gasteiger partial charge on any atom is 0.273 e. The maximum atomic E-state index is 11.5. The van der Waals surface area contributed by atoms with Gasteiger partial charge in [-0.15, -0.1) is 11.6 Å². The lowest BCUT2D eigenvalue weighted by atomic mass is 9.99. The summed E-state index contributed by atoms with van der Waals surface area (Å²) in [5.74, 6) is 0.185. The average molecular weight is 245 g/mol. The van der Waals surface area contributed by atoms with Crippen LogP contribution in [0.25, 0.3) is 0 Å². The average Bonchev–Trinajstić information content (AvgIpc) is 2.81. The van der Waals surface area contributed by atoms with Crippen LogP contribution in [-0.4, -0.2) is 33.2 Å². The van der Waals surface area contributed by atoms with Gasteiger partial charge in [-0.2, -0.15) is 15.4 Å². The van der Waals surface area contributed by atoms with E-state index < -0.39 is 0 Å². The molecule has 0 saturated heterocycles. The summed E-state index contributed by atoms with van der Waals surface area (Å²) in [6, 6.07) is 0. The van der Waals surface area contributed by atoms with E-state index in [0.29, 0.717) is 12.5 Å². The summed E-state index contributed by atoms with van der Waals surface area (Å²) in [5.41, 5.74) is 0.286. The minimum atomic E-state index is -0.245. The van der Waals surface area contributed by atoms with E-state index in [1.165, 1.54) is 6.20 Å². The van der Waals surface area contributed by atoms with Gasteiger partial charge < -0.3 is 5.32 Å². The van der Waals surface area contributed by atoms with Crippen molar-refractivity contribution >= 4 is 17.5 Å². The van der Waals surface area contributed by atoms with Crippen molar-refractivity contribution in [3.8, 4) is 0 Å². The lowest BCUT2D eigenvalue weighted by molar-refractivity contribution is 0.0946. The number of nitrogens with zero attached hydrogens (tertiary/aromatic N) is 2. The highest BCUT2D eigenvalue weighted by atomic mass is 35.5.